The van der Waals surface area contributed by atoms with Gasteiger partial charge in [-0.1, -0.05) is 109 Å². The normalized spacial score (nSPS) is 17.3. The Morgan fingerprint density at radius 2 is 1.20 bits per heavy atom. The summed E-state index contributed by atoms with van der Waals surface area (Å²) in [6, 6.07) is 40.6. The number of nitrogens with one attached hydrogen (secondary N) is 1. The molecule has 0 bridgehead atoms. The SMILES string of the molecule is N#C[C@]1(Cc2ccccc2)C(=N)C(=C(c2ccccc2)c2ccccc2)C(c2ccccc2)=[N+]1[O-]. The van der Waals surface area contributed by atoms with E-state index in [1.807, 2.05) is 121 Å². The first-order valence-corrected chi connectivity index (χ1v) is 11.5. The summed E-state index contributed by atoms with van der Waals surface area (Å²) < 4.78 is 0.763. The van der Waals surface area contributed by atoms with Gasteiger partial charge in [-0.05, 0) is 28.8 Å². The lowest BCUT2D eigenvalue weighted by Crippen LogP contribution is -2.44. The zero-order chi connectivity index (χ0) is 24.3. The fraction of sp³-hybridized carbons (Fsp3) is 0.0645. The van der Waals surface area contributed by atoms with Crippen LogP contribution in [0.4, 0.5) is 0 Å². The molecular formula is C31H23N3O. The lowest BCUT2D eigenvalue weighted by Gasteiger charge is -2.21. The minimum absolute atomic E-state index is 0.0143. The molecule has 4 aromatic rings. The van der Waals surface area contributed by atoms with Crippen molar-refractivity contribution < 1.29 is 4.74 Å². The first-order chi connectivity index (χ1) is 17.2. The van der Waals surface area contributed by atoms with Crippen LogP contribution in [0.5, 0.6) is 0 Å². The molecule has 0 spiro atoms. The molecule has 0 aliphatic carbocycles. The molecule has 4 nitrogen and oxygen atoms in total. The monoisotopic (exact) mass is 453 g/mol. The minimum Gasteiger partial charge on any atom is -0.622 e. The predicted octanol–water partition coefficient (Wildman–Crippen LogP) is 6.03. The number of hydrogen-bond acceptors (Lipinski definition) is 3. The molecule has 35 heavy (non-hydrogen) atoms. The second-order valence-electron chi connectivity index (χ2n) is 8.50. The van der Waals surface area contributed by atoms with Crippen molar-refractivity contribution in [2.45, 2.75) is 12.0 Å². The predicted molar refractivity (Wildman–Crippen MR) is 139 cm³/mol. The van der Waals surface area contributed by atoms with E-state index in [2.05, 4.69) is 6.07 Å². The molecule has 4 heteroatoms. The summed E-state index contributed by atoms with van der Waals surface area (Å²) in [6.07, 6.45) is 0.114. The summed E-state index contributed by atoms with van der Waals surface area (Å²) in [6.45, 7) is 0. The van der Waals surface area contributed by atoms with Gasteiger partial charge < -0.3 is 5.21 Å². The first kappa shape index (κ1) is 22.1. The highest BCUT2D eigenvalue weighted by atomic mass is 16.5. The Morgan fingerprint density at radius 1 is 0.743 bits per heavy atom. The van der Waals surface area contributed by atoms with Crippen LogP contribution in [0.15, 0.2) is 127 Å². The van der Waals surface area contributed by atoms with Gasteiger partial charge in [0.15, 0.2) is 0 Å². The van der Waals surface area contributed by atoms with E-state index >= 15 is 0 Å². The van der Waals surface area contributed by atoms with E-state index in [0.29, 0.717) is 16.8 Å². The average Bonchev–Trinajstić information content (AvgIpc) is 3.13. The number of benzene rings is 4. The van der Waals surface area contributed by atoms with Crippen molar-refractivity contribution in [2.24, 2.45) is 0 Å². The fourth-order valence-corrected chi connectivity index (χ4v) is 4.68. The molecule has 168 valence electrons. The Labute approximate surface area is 204 Å². The number of nitrogens with zero attached hydrogens (tertiary/aromatic N) is 2. The van der Waals surface area contributed by atoms with Crippen LogP contribution in [0.3, 0.4) is 0 Å². The van der Waals surface area contributed by atoms with Crippen LogP contribution in [0.2, 0.25) is 0 Å². The van der Waals surface area contributed by atoms with Crippen molar-refractivity contribution in [1.29, 1.82) is 10.7 Å². The third-order valence-electron chi connectivity index (χ3n) is 6.36. The third kappa shape index (κ3) is 3.84. The van der Waals surface area contributed by atoms with E-state index in [9.17, 15) is 15.9 Å². The van der Waals surface area contributed by atoms with Crippen LogP contribution in [-0.4, -0.2) is 21.7 Å². The summed E-state index contributed by atoms with van der Waals surface area (Å²) in [7, 11) is 0. The molecule has 0 saturated heterocycles. The Balaban J connectivity index is 1.86. The first-order valence-electron chi connectivity index (χ1n) is 11.5. The zero-order valence-electron chi connectivity index (χ0n) is 19.1. The van der Waals surface area contributed by atoms with Crippen molar-refractivity contribution in [3.05, 3.63) is 154 Å². The second kappa shape index (κ2) is 9.24. The highest BCUT2D eigenvalue weighted by Crippen LogP contribution is 2.38. The highest BCUT2D eigenvalue weighted by Gasteiger charge is 2.56. The number of hydrogen-bond donors (Lipinski definition) is 1. The van der Waals surface area contributed by atoms with Crippen molar-refractivity contribution in [3.8, 4) is 6.07 Å². The quantitative estimate of drug-likeness (QED) is 0.296. The van der Waals surface area contributed by atoms with Crippen molar-refractivity contribution in [2.75, 3.05) is 0 Å². The molecule has 0 saturated carbocycles. The maximum atomic E-state index is 14.1. The molecule has 1 N–H and O–H groups in total. The molecule has 0 radical (unpaired) electrons. The standard InChI is InChI=1S/C31H23N3O/c32-22-31(21-23-13-5-1-6-14-23)30(33)28(29(34(31)35)26-19-11-4-12-20-26)27(24-15-7-2-8-16-24)25-17-9-3-10-18-25/h1-20,33H,21H2/t31-/m1/s1. The number of rotatable bonds is 5. The number of nitriles is 1. The van der Waals surface area contributed by atoms with Gasteiger partial charge in [0.2, 0.25) is 5.71 Å². The molecule has 0 unspecified atom stereocenters. The lowest BCUT2D eigenvalue weighted by atomic mass is 9.81. The van der Waals surface area contributed by atoms with Crippen molar-refractivity contribution in [3.63, 3.8) is 0 Å². The lowest BCUT2D eigenvalue weighted by molar-refractivity contribution is -0.503. The van der Waals surface area contributed by atoms with Gasteiger partial charge in [0, 0.05) is 11.1 Å². The van der Waals surface area contributed by atoms with Gasteiger partial charge in [0.1, 0.15) is 11.8 Å². The van der Waals surface area contributed by atoms with Crippen LogP contribution in [0.1, 0.15) is 22.3 Å². The average molecular weight is 454 g/mol. The zero-order valence-corrected chi connectivity index (χ0v) is 19.1. The summed E-state index contributed by atoms with van der Waals surface area (Å²) >= 11 is 0. The van der Waals surface area contributed by atoms with Crippen LogP contribution in [0, 0.1) is 21.9 Å². The van der Waals surface area contributed by atoms with E-state index in [-0.39, 0.29) is 12.1 Å². The van der Waals surface area contributed by atoms with E-state index in [1.54, 1.807) is 0 Å². The van der Waals surface area contributed by atoms with Crippen LogP contribution in [0.25, 0.3) is 5.57 Å². The maximum absolute atomic E-state index is 14.1. The van der Waals surface area contributed by atoms with Crippen molar-refractivity contribution >= 4 is 17.0 Å². The molecule has 1 aliphatic heterocycles. The van der Waals surface area contributed by atoms with Gasteiger partial charge in [0.25, 0.3) is 0 Å². The minimum atomic E-state index is -1.68. The van der Waals surface area contributed by atoms with E-state index < -0.39 is 5.54 Å². The number of hydroxylamine groups is 1. The molecule has 1 atom stereocenters. The van der Waals surface area contributed by atoms with Gasteiger partial charge in [-0.2, -0.15) is 10.0 Å². The van der Waals surface area contributed by atoms with Gasteiger partial charge in [-0.15, -0.1) is 0 Å². The van der Waals surface area contributed by atoms with E-state index in [0.717, 1.165) is 27.0 Å². The fourth-order valence-electron chi connectivity index (χ4n) is 4.68. The highest BCUT2D eigenvalue weighted by molar-refractivity contribution is 6.37. The largest absolute Gasteiger partial charge is 0.622 e. The topological polar surface area (TPSA) is 73.7 Å². The third-order valence-corrected chi connectivity index (χ3v) is 6.36. The maximum Gasteiger partial charge on any atom is 0.304 e. The van der Waals surface area contributed by atoms with E-state index in [4.69, 9.17) is 0 Å². The summed E-state index contributed by atoms with van der Waals surface area (Å²) in [5.74, 6) is 0. The van der Waals surface area contributed by atoms with Gasteiger partial charge >= 0.3 is 5.54 Å². The Kier molecular flexibility index (Phi) is 5.83. The van der Waals surface area contributed by atoms with Crippen LogP contribution < -0.4 is 0 Å². The molecule has 5 rings (SSSR count). The summed E-state index contributed by atoms with van der Waals surface area (Å²) in [4.78, 5) is 0. The van der Waals surface area contributed by atoms with Crippen LogP contribution in [-0.2, 0) is 6.42 Å². The summed E-state index contributed by atoms with van der Waals surface area (Å²) in [5.41, 5.74) is 3.20. The molecule has 1 heterocycles. The molecule has 0 amide bonds. The summed E-state index contributed by atoms with van der Waals surface area (Å²) in [5, 5.41) is 33.9. The van der Waals surface area contributed by atoms with E-state index in [1.165, 1.54) is 0 Å². The Morgan fingerprint density at radius 3 is 1.69 bits per heavy atom. The van der Waals surface area contributed by atoms with Crippen LogP contribution >= 0.6 is 0 Å². The van der Waals surface area contributed by atoms with Gasteiger partial charge in [-0.25, -0.2) is 0 Å². The van der Waals surface area contributed by atoms with Crippen molar-refractivity contribution in [1.82, 2.24) is 0 Å². The Hall–Kier alpha value is -4.75. The van der Waals surface area contributed by atoms with Gasteiger partial charge in [0.05, 0.1) is 12.0 Å². The molecular weight excluding hydrogens is 430 g/mol. The molecule has 4 aromatic carbocycles. The Bertz CT molecular complexity index is 1430. The molecule has 0 fully saturated rings. The van der Waals surface area contributed by atoms with Gasteiger partial charge in [-0.3, -0.25) is 5.41 Å². The molecule has 0 aromatic heterocycles. The molecule has 1 aliphatic rings. The second-order valence-corrected chi connectivity index (χ2v) is 8.50. The smallest absolute Gasteiger partial charge is 0.304 e.